The molecule has 6 N–H and O–H groups in total. The van der Waals surface area contributed by atoms with Crippen molar-refractivity contribution in [2.45, 2.75) is 30.4 Å². The first-order chi connectivity index (χ1) is 6.11. The highest BCUT2D eigenvalue weighted by molar-refractivity contribution is 5.85. The van der Waals surface area contributed by atoms with Crippen LogP contribution in [0.5, 0.6) is 0 Å². The summed E-state index contributed by atoms with van der Waals surface area (Å²) in [6.45, 7) is -0.719. The number of aliphatic hydroxyl groups excluding tert-OH is 5. The second-order valence-electron chi connectivity index (χ2n) is 3.22. The molecular formula is C7H16ClNO5. The highest BCUT2D eigenvalue weighted by atomic mass is 35.5. The van der Waals surface area contributed by atoms with Gasteiger partial charge < -0.3 is 30.8 Å². The van der Waals surface area contributed by atoms with Gasteiger partial charge in [0.15, 0.2) is 0 Å². The molecule has 5 atom stereocenters. The Hall–Kier alpha value is 0.0500. The fourth-order valence-electron chi connectivity index (χ4n) is 1.47. The van der Waals surface area contributed by atoms with Crippen molar-refractivity contribution in [2.24, 2.45) is 0 Å². The summed E-state index contributed by atoms with van der Waals surface area (Å²) in [6.07, 6.45) is -3.78. The molecule has 86 valence electrons. The van der Waals surface area contributed by atoms with Gasteiger partial charge in [-0.1, -0.05) is 0 Å². The Kier molecular flexibility index (Phi) is 5.84. The predicted octanol–water partition coefficient (Wildman–Crippen LogP) is -3.18. The Bertz CT molecular complexity index is 152. The Morgan fingerprint density at radius 1 is 0.786 bits per heavy atom. The average Bonchev–Trinajstić information content (AvgIpc) is 2.15. The minimum Gasteiger partial charge on any atom is -0.395 e. The van der Waals surface area contributed by atoms with Crippen molar-refractivity contribution >= 4 is 12.4 Å². The third-order valence-corrected chi connectivity index (χ3v) is 2.35. The number of aliphatic hydroxyl groups is 5. The van der Waals surface area contributed by atoms with Crippen LogP contribution in [0.4, 0.5) is 0 Å². The molecule has 6 nitrogen and oxygen atoms in total. The van der Waals surface area contributed by atoms with E-state index >= 15 is 0 Å². The molecular weight excluding hydrogens is 214 g/mol. The molecule has 14 heavy (non-hydrogen) atoms. The van der Waals surface area contributed by atoms with E-state index in [4.69, 9.17) is 10.2 Å². The minimum absolute atomic E-state index is 0. The van der Waals surface area contributed by atoms with Crippen molar-refractivity contribution < 1.29 is 25.5 Å². The monoisotopic (exact) mass is 229 g/mol. The van der Waals surface area contributed by atoms with Gasteiger partial charge in [0.2, 0.25) is 0 Å². The first-order valence-corrected chi connectivity index (χ1v) is 4.13. The van der Waals surface area contributed by atoms with Crippen LogP contribution in [0, 0.1) is 0 Å². The Labute approximate surface area is 87.6 Å². The van der Waals surface area contributed by atoms with Crippen molar-refractivity contribution in [3.8, 4) is 0 Å². The molecule has 1 fully saturated rings. The molecule has 0 spiro atoms. The quantitative estimate of drug-likeness (QED) is 0.298. The molecule has 0 aromatic rings. The van der Waals surface area contributed by atoms with E-state index in [2.05, 4.69) is 5.32 Å². The normalized spacial score (nSPS) is 43.1. The third kappa shape index (κ3) is 2.54. The smallest absolute Gasteiger partial charge is 0.109 e. The zero-order valence-electron chi connectivity index (χ0n) is 7.45. The number of hydrogen-bond donors (Lipinski definition) is 6. The summed E-state index contributed by atoms with van der Waals surface area (Å²) >= 11 is 0. The van der Waals surface area contributed by atoms with Crippen LogP contribution >= 0.6 is 12.4 Å². The zero-order chi connectivity index (χ0) is 10.0. The lowest BCUT2D eigenvalue weighted by molar-refractivity contribution is -0.125. The summed E-state index contributed by atoms with van der Waals surface area (Å²) in [5, 5.41) is 48.1. The first kappa shape index (κ1) is 14.1. The van der Waals surface area contributed by atoms with Crippen molar-refractivity contribution in [2.75, 3.05) is 13.2 Å². The van der Waals surface area contributed by atoms with Crippen LogP contribution in [0.1, 0.15) is 0 Å². The van der Waals surface area contributed by atoms with E-state index in [1.165, 1.54) is 0 Å². The van der Waals surface area contributed by atoms with Crippen molar-refractivity contribution in [3.05, 3.63) is 0 Å². The molecule has 0 aromatic heterocycles. The molecule has 1 saturated heterocycles. The molecule has 0 amide bonds. The standard InChI is InChI=1S/C7H15NO5.ClH/c9-1-3-5(11)7(13)6(12)4(2-10)8-3;/h3-13H,1-2H2;1H/t3-,4+,5-,6-,7?;/m1./s1. The molecule has 0 radical (unpaired) electrons. The van der Waals surface area contributed by atoms with Gasteiger partial charge in [0.1, 0.15) is 6.10 Å². The highest BCUT2D eigenvalue weighted by Gasteiger charge is 2.41. The predicted molar refractivity (Wildman–Crippen MR) is 50.2 cm³/mol. The van der Waals surface area contributed by atoms with Gasteiger partial charge in [0.05, 0.1) is 37.5 Å². The molecule has 1 rings (SSSR count). The van der Waals surface area contributed by atoms with E-state index in [-0.39, 0.29) is 25.6 Å². The highest BCUT2D eigenvalue weighted by Crippen LogP contribution is 2.14. The maximum atomic E-state index is 9.31. The molecule has 0 bridgehead atoms. The molecule has 1 aliphatic heterocycles. The molecule has 0 aliphatic carbocycles. The summed E-state index contributed by atoms with van der Waals surface area (Å²) in [6, 6.07) is -1.42. The fourth-order valence-corrected chi connectivity index (χ4v) is 1.47. The maximum absolute atomic E-state index is 9.31. The fraction of sp³-hybridized carbons (Fsp3) is 1.00. The summed E-state index contributed by atoms with van der Waals surface area (Å²) in [7, 11) is 0. The average molecular weight is 230 g/mol. The molecule has 1 heterocycles. The topological polar surface area (TPSA) is 113 Å². The van der Waals surface area contributed by atoms with Gasteiger partial charge in [-0.05, 0) is 0 Å². The lowest BCUT2D eigenvalue weighted by atomic mass is 9.91. The number of piperidine rings is 1. The van der Waals surface area contributed by atoms with E-state index in [9.17, 15) is 15.3 Å². The molecule has 0 saturated carbocycles. The largest absolute Gasteiger partial charge is 0.395 e. The number of nitrogens with one attached hydrogen (secondary N) is 1. The Morgan fingerprint density at radius 2 is 1.14 bits per heavy atom. The third-order valence-electron chi connectivity index (χ3n) is 2.35. The van der Waals surface area contributed by atoms with Crippen LogP contribution in [0.2, 0.25) is 0 Å². The van der Waals surface area contributed by atoms with Crippen LogP contribution in [0.15, 0.2) is 0 Å². The molecule has 7 heteroatoms. The lowest BCUT2D eigenvalue weighted by Gasteiger charge is -2.40. The van der Waals surface area contributed by atoms with Gasteiger partial charge in [0, 0.05) is 0 Å². The van der Waals surface area contributed by atoms with E-state index in [1.807, 2.05) is 0 Å². The lowest BCUT2D eigenvalue weighted by Crippen LogP contribution is -2.66. The van der Waals surface area contributed by atoms with Gasteiger partial charge in [-0.15, -0.1) is 12.4 Å². The summed E-state index contributed by atoms with van der Waals surface area (Å²) < 4.78 is 0. The van der Waals surface area contributed by atoms with Gasteiger partial charge in [-0.2, -0.15) is 0 Å². The van der Waals surface area contributed by atoms with E-state index in [1.54, 1.807) is 0 Å². The number of halogens is 1. The van der Waals surface area contributed by atoms with E-state index < -0.39 is 30.4 Å². The summed E-state index contributed by atoms with van der Waals surface area (Å²) in [5.74, 6) is 0. The van der Waals surface area contributed by atoms with Crippen LogP contribution in [0.25, 0.3) is 0 Å². The van der Waals surface area contributed by atoms with Crippen LogP contribution < -0.4 is 5.32 Å². The molecule has 0 aromatic carbocycles. The van der Waals surface area contributed by atoms with Crippen molar-refractivity contribution in [1.29, 1.82) is 0 Å². The Morgan fingerprint density at radius 3 is 1.43 bits per heavy atom. The number of rotatable bonds is 2. The number of hydrogen-bond acceptors (Lipinski definition) is 6. The van der Waals surface area contributed by atoms with Crippen molar-refractivity contribution in [1.82, 2.24) is 5.32 Å². The van der Waals surface area contributed by atoms with Crippen molar-refractivity contribution in [3.63, 3.8) is 0 Å². The van der Waals surface area contributed by atoms with E-state index in [0.29, 0.717) is 0 Å². The SMILES string of the molecule is Cl.OC[C@@H]1N[C@H](CO)[C@@H](O)C(O)[C@@H]1O. The summed E-state index contributed by atoms with van der Waals surface area (Å²) in [4.78, 5) is 0. The van der Waals surface area contributed by atoms with Gasteiger partial charge in [0.25, 0.3) is 0 Å². The van der Waals surface area contributed by atoms with Crippen LogP contribution in [0.3, 0.4) is 0 Å². The van der Waals surface area contributed by atoms with E-state index in [0.717, 1.165) is 0 Å². The van der Waals surface area contributed by atoms with Gasteiger partial charge >= 0.3 is 0 Å². The van der Waals surface area contributed by atoms with Crippen LogP contribution in [-0.2, 0) is 0 Å². The van der Waals surface area contributed by atoms with Gasteiger partial charge in [-0.25, -0.2) is 0 Å². The Balaban J connectivity index is 0.00000169. The first-order valence-electron chi connectivity index (χ1n) is 4.13. The van der Waals surface area contributed by atoms with Crippen LogP contribution in [-0.4, -0.2) is 69.1 Å². The summed E-state index contributed by atoms with van der Waals surface area (Å²) in [5.41, 5.74) is 0. The maximum Gasteiger partial charge on any atom is 0.109 e. The minimum atomic E-state index is -1.34. The zero-order valence-corrected chi connectivity index (χ0v) is 8.26. The van der Waals surface area contributed by atoms with Gasteiger partial charge in [-0.3, -0.25) is 0 Å². The second kappa shape index (κ2) is 5.82. The molecule has 1 unspecified atom stereocenters. The second-order valence-corrected chi connectivity index (χ2v) is 3.22. The molecule has 1 aliphatic rings.